The maximum atomic E-state index is 5.13. The zero-order valence-corrected chi connectivity index (χ0v) is 10.8. The molecule has 3 aromatic rings. The Kier molecular flexibility index (Phi) is 2.87. The van der Waals surface area contributed by atoms with Crippen molar-refractivity contribution in [2.24, 2.45) is 0 Å². The van der Waals surface area contributed by atoms with E-state index in [1.165, 1.54) is 0 Å². The van der Waals surface area contributed by atoms with Gasteiger partial charge in [0, 0.05) is 12.1 Å². The molecule has 0 spiro atoms. The van der Waals surface area contributed by atoms with Gasteiger partial charge in [-0.15, -0.1) is 0 Å². The van der Waals surface area contributed by atoms with Crippen LogP contribution < -0.4 is 5.32 Å². The average Bonchev–Trinajstić information content (AvgIpc) is 2.76. The van der Waals surface area contributed by atoms with Crippen LogP contribution in [0.1, 0.15) is 17.0 Å². The van der Waals surface area contributed by atoms with Gasteiger partial charge in [0.15, 0.2) is 0 Å². The fraction of sp³-hybridized carbons (Fsp3) is 0.214. The largest absolute Gasteiger partial charge is 0.364 e. The van der Waals surface area contributed by atoms with Crippen molar-refractivity contribution in [1.29, 1.82) is 0 Å². The fourth-order valence-corrected chi connectivity index (χ4v) is 1.98. The van der Waals surface area contributed by atoms with Gasteiger partial charge < -0.3 is 9.84 Å². The number of rotatable bonds is 3. The minimum atomic E-state index is 0.633. The number of benzene rings is 1. The molecule has 0 radical (unpaired) electrons. The summed E-state index contributed by atoms with van der Waals surface area (Å²) >= 11 is 0. The minimum Gasteiger partial charge on any atom is -0.364 e. The van der Waals surface area contributed by atoms with Crippen LogP contribution in [-0.2, 0) is 6.54 Å². The molecule has 5 heteroatoms. The van der Waals surface area contributed by atoms with Crippen LogP contribution in [0.2, 0.25) is 0 Å². The topological polar surface area (TPSA) is 63.8 Å². The van der Waals surface area contributed by atoms with Gasteiger partial charge in [-0.25, -0.2) is 4.98 Å². The van der Waals surface area contributed by atoms with Crippen LogP contribution in [-0.4, -0.2) is 15.1 Å². The molecule has 0 saturated carbocycles. The van der Waals surface area contributed by atoms with Gasteiger partial charge in [-0.3, -0.25) is 4.98 Å². The van der Waals surface area contributed by atoms with Crippen molar-refractivity contribution in [3.05, 3.63) is 47.5 Å². The average molecular weight is 254 g/mol. The number of aryl methyl sites for hydroxylation is 2. The molecule has 2 heterocycles. The van der Waals surface area contributed by atoms with E-state index in [4.69, 9.17) is 4.52 Å². The lowest BCUT2D eigenvalue weighted by Gasteiger charge is -2.05. The summed E-state index contributed by atoms with van der Waals surface area (Å²) in [5.41, 5.74) is 3.74. The van der Waals surface area contributed by atoms with Crippen molar-refractivity contribution >= 4 is 16.9 Å². The molecule has 96 valence electrons. The monoisotopic (exact) mass is 254 g/mol. The van der Waals surface area contributed by atoms with E-state index < -0.39 is 0 Å². The van der Waals surface area contributed by atoms with Gasteiger partial charge in [-0.1, -0.05) is 17.3 Å². The van der Waals surface area contributed by atoms with Crippen LogP contribution in [0.15, 0.2) is 35.0 Å². The first-order valence-electron chi connectivity index (χ1n) is 6.11. The molecule has 0 aliphatic heterocycles. The van der Waals surface area contributed by atoms with Crippen LogP contribution in [0.4, 0.5) is 5.82 Å². The van der Waals surface area contributed by atoms with Gasteiger partial charge in [0.1, 0.15) is 11.6 Å². The Balaban J connectivity index is 1.82. The Morgan fingerprint density at radius 2 is 1.95 bits per heavy atom. The summed E-state index contributed by atoms with van der Waals surface area (Å²) in [5.74, 6) is 1.58. The Morgan fingerprint density at radius 3 is 2.68 bits per heavy atom. The number of anilines is 1. The second-order valence-electron chi connectivity index (χ2n) is 4.40. The maximum absolute atomic E-state index is 5.13. The lowest BCUT2D eigenvalue weighted by molar-refractivity contribution is 0.392. The Morgan fingerprint density at radius 1 is 1.16 bits per heavy atom. The van der Waals surface area contributed by atoms with Gasteiger partial charge >= 0.3 is 0 Å². The maximum Gasteiger partial charge on any atom is 0.145 e. The van der Waals surface area contributed by atoms with Crippen molar-refractivity contribution in [3.63, 3.8) is 0 Å². The molecule has 1 aromatic carbocycles. The normalized spacial score (nSPS) is 10.8. The Labute approximate surface area is 110 Å². The number of fused-ring (bicyclic) bond motifs is 1. The Hall–Kier alpha value is -2.43. The second-order valence-corrected chi connectivity index (χ2v) is 4.40. The molecule has 0 aliphatic rings. The summed E-state index contributed by atoms with van der Waals surface area (Å²) in [6, 6.07) is 7.80. The number of nitrogens with zero attached hydrogens (tertiary/aromatic N) is 3. The number of aromatic nitrogens is 3. The third-order valence-corrected chi connectivity index (χ3v) is 3.08. The predicted octanol–water partition coefficient (Wildman–Crippen LogP) is 2.85. The highest BCUT2D eigenvalue weighted by atomic mass is 16.5. The molecule has 0 atom stereocenters. The van der Waals surface area contributed by atoms with E-state index in [0.717, 1.165) is 33.9 Å². The van der Waals surface area contributed by atoms with E-state index >= 15 is 0 Å². The summed E-state index contributed by atoms with van der Waals surface area (Å²) in [6.07, 6.45) is 1.74. The van der Waals surface area contributed by atoms with Crippen molar-refractivity contribution in [2.45, 2.75) is 20.4 Å². The summed E-state index contributed by atoms with van der Waals surface area (Å²) < 4.78 is 5.13. The minimum absolute atomic E-state index is 0.633. The zero-order chi connectivity index (χ0) is 13.2. The van der Waals surface area contributed by atoms with Crippen molar-refractivity contribution in [2.75, 3.05) is 5.32 Å². The smallest absolute Gasteiger partial charge is 0.145 e. The van der Waals surface area contributed by atoms with Crippen LogP contribution in [0.3, 0.4) is 0 Å². The van der Waals surface area contributed by atoms with Gasteiger partial charge in [-0.2, -0.15) is 0 Å². The molecule has 1 N–H and O–H groups in total. The summed E-state index contributed by atoms with van der Waals surface area (Å²) in [5, 5.41) is 7.17. The van der Waals surface area contributed by atoms with E-state index in [1.54, 1.807) is 6.20 Å². The number of para-hydroxylation sites is 2. The van der Waals surface area contributed by atoms with Gasteiger partial charge in [0.2, 0.25) is 0 Å². The van der Waals surface area contributed by atoms with Crippen LogP contribution in [0, 0.1) is 13.8 Å². The first kappa shape index (κ1) is 11.6. The first-order valence-corrected chi connectivity index (χ1v) is 6.11. The molecule has 0 unspecified atom stereocenters. The molecular formula is C14H14N4O. The van der Waals surface area contributed by atoms with E-state index in [9.17, 15) is 0 Å². The molecule has 5 nitrogen and oxygen atoms in total. The predicted molar refractivity (Wildman–Crippen MR) is 72.8 cm³/mol. The van der Waals surface area contributed by atoms with E-state index in [-0.39, 0.29) is 0 Å². The van der Waals surface area contributed by atoms with E-state index in [0.29, 0.717) is 6.54 Å². The van der Waals surface area contributed by atoms with E-state index in [2.05, 4.69) is 20.4 Å². The van der Waals surface area contributed by atoms with Crippen molar-refractivity contribution < 1.29 is 4.52 Å². The lowest BCUT2D eigenvalue weighted by atomic mass is 10.2. The number of hydrogen-bond acceptors (Lipinski definition) is 5. The van der Waals surface area contributed by atoms with Crippen LogP contribution >= 0.6 is 0 Å². The highest BCUT2D eigenvalue weighted by molar-refractivity contribution is 5.75. The molecule has 19 heavy (non-hydrogen) atoms. The van der Waals surface area contributed by atoms with Gasteiger partial charge in [0.25, 0.3) is 0 Å². The van der Waals surface area contributed by atoms with Gasteiger partial charge in [0.05, 0.1) is 22.9 Å². The third kappa shape index (κ3) is 2.27. The fourth-order valence-electron chi connectivity index (χ4n) is 1.98. The standard InChI is InChI=1S/C14H14N4O/c1-9-11(10(2)19-18-9)7-16-14-8-15-12-5-3-4-6-13(12)17-14/h3-6,8H,7H2,1-2H3,(H,16,17). The van der Waals surface area contributed by atoms with E-state index in [1.807, 2.05) is 38.1 Å². The van der Waals surface area contributed by atoms with Crippen molar-refractivity contribution in [1.82, 2.24) is 15.1 Å². The molecule has 0 saturated heterocycles. The van der Waals surface area contributed by atoms with Crippen LogP contribution in [0.25, 0.3) is 11.0 Å². The second kappa shape index (κ2) is 4.68. The molecule has 0 bridgehead atoms. The number of hydrogen-bond donors (Lipinski definition) is 1. The highest BCUT2D eigenvalue weighted by Crippen LogP contribution is 2.15. The SMILES string of the molecule is Cc1noc(C)c1CNc1cnc2ccccc2n1. The molecule has 0 aliphatic carbocycles. The zero-order valence-electron chi connectivity index (χ0n) is 10.8. The first-order chi connectivity index (χ1) is 9.24. The molecule has 0 fully saturated rings. The summed E-state index contributed by atoms with van der Waals surface area (Å²) in [4.78, 5) is 8.87. The highest BCUT2D eigenvalue weighted by Gasteiger charge is 2.08. The Bertz CT molecular complexity index is 701. The molecular weight excluding hydrogens is 240 g/mol. The number of nitrogens with one attached hydrogen (secondary N) is 1. The third-order valence-electron chi connectivity index (χ3n) is 3.08. The molecule has 2 aromatic heterocycles. The lowest BCUT2D eigenvalue weighted by Crippen LogP contribution is -2.03. The molecule has 3 rings (SSSR count). The summed E-state index contributed by atoms with van der Waals surface area (Å²) in [6.45, 7) is 4.47. The molecule has 0 amide bonds. The van der Waals surface area contributed by atoms with Crippen molar-refractivity contribution in [3.8, 4) is 0 Å². The summed E-state index contributed by atoms with van der Waals surface area (Å²) in [7, 11) is 0. The van der Waals surface area contributed by atoms with Crippen LogP contribution in [0.5, 0.6) is 0 Å². The van der Waals surface area contributed by atoms with Gasteiger partial charge in [-0.05, 0) is 26.0 Å². The quantitative estimate of drug-likeness (QED) is 0.778.